The van der Waals surface area contributed by atoms with E-state index in [0.717, 1.165) is 36.7 Å². The van der Waals surface area contributed by atoms with Crippen molar-refractivity contribution >= 4 is 21.5 Å². The van der Waals surface area contributed by atoms with E-state index in [0.29, 0.717) is 12.2 Å². The SMILES string of the molecule is CCCS(=O)(=O)Nc1ccc(N2CCc3cc(OC)c(OC)cc3C2)cn1. The summed E-state index contributed by atoms with van der Waals surface area (Å²) < 4.78 is 37.0. The summed E-state index contributed by atoms with van der Waals surface area (Å²) in [5.41, 5.74) is 3.39. The molecule has 0 aliphatic carbocycles. The minimum absolute atomic E-state index is 0.0879. The molecule has 0 saturated heterocycles. The number of nitrogens with zero attached hydrogens (tertiary/aromatic N) is 2. The number of sulfonamides is 1. The van der Waals surface area contributed by atoms with Crippen LogP contribution < -0.4 is 19.1 Å². The summed E-state index contributed by atoms with van der Waals surface area (Å²) in [5, 5.41) is 0. The number of hydrogen-bond acceptors (Lipinski definition) is 6. The standard InChI is InChI=1S/C19H25N3O4S/c1-4-9-27(23,24)21-19-6-5-16(12-20-19)22-8-7-14-10-17(25-2)18(26-3)11-15(14)13-22/h5-6,10-12H,4,7-9,13H2,1-3H3,(H,20,21). The average Bonchev–Trinajstić information content (AvgIpc) is 2.66. The number of rotatable bonds is 7. The van der Waals surface area contributed by atoms with Crippen molar-refractivity contribution in [3.05, 3.63) is 41.6 Å². The molecule has 0 bridgehead atoms. The van der Waals surface area contributed by atoms with Crippen LogP contribution in [0.2, 0.25) is 0 Å². The minimum atomic E-state index is -3.33. The second kappa shape index (κ2) is 8.04. The molecule has 0 saturated carbocycles. The van der Waals surface area contributed by atoms with Crippen molar-refractivity contribution in [2.24, 2.45) is 0 Å². The molecule has 1 aliphatic rings. The Morgan fingerprint density at radius 1 is 1.15 bits per heavy atom. The summed E-state index contributed by atoms with van der Waals surface area (Å²) in [4.78, 5) is 6.48. The Kier molecular flexibility index (Phi) is 5.74. The van der Waals surface area contributed by atoms with E-state index in [1.165, 1.54) is 11.1 Å². The molecule has 0 atom stereocenters. The predicted molar refractivity (Wildman–Crippen MR) is 106 cm³/mol. The smallest absolute Gasteiger partial charge is 0.233 e. The van der Waals surface area contributed by atoms with Crippen molar-refractivity contribution in [3.63, 3.8) is 0 Å². The zero-order valence-corrected chi connectivity index (χ0v) is 16.7. The lowest BCUT2D eigenvalue weighted by atomic mass is 9.98. The molecule has 0 radical (unpaired) electrons. The maximum absolute atomic E-state index is 11.9. The number of ether oxygens (including phenoxy) is 2. The summed E-state index contributed by atoms with van der Waals surface area (Å²) in [6.45, 7) is 3.41. The van der Waals surface area contributed by atoms with E-state index in [1.807, 2.05) is 25.1 Å². The van der Waals surface area contributed by atoms with Gasteiger partial charge in [-0.3, -0.25) is 4.72 Å². The Labute approximate surface area is 160 Å². The fraction of sp³-hybridized carbons (Fsp3) is 0.421. The van der Waals surface area contributed by atoms with Crippen molar-refractivity contribution in [2.75, 3.05) is 36.1 Å². The van der Waals surface area contributed by atoms with E-state index in [-0.39, 0.29) is 5.75 Å². The highest BCUT2D eigenvalue weighted by molar-refractivity contribution is 7.92. The molecule has 1 aromatic carbocycles. The fourth-order valence-electron chi connectivity index (χ4n) is 3.22. The first-order valence-corrected chi connectivity index (χ1v) is 10.6. The highest BCUT2D eigenvalue weighted by Crippen LogP contribution is 2.34. The first kappa shape index (κ1) is 19.3. The van der Waals surface area contributed by atoms with Gasteiger partial charge in [-0.25, -0.2) is 13.4 Å². The molecule has 0 spiro atoms. The molecule has 3 rings (SSSR count). The van der Waals surface area contributed by atoms with Gasteiger partial charge in [0.1, 0.15) is 5.82 Å². The van der Waals surface area contributed by atoms with Crippen LogP contribution in [0.3, 0.4) is 0 Å². The van der Waals surface area contributed by atoms with Crippen LogP contribution in [-0.4, -0.2) is 39.9 Å². The molecule has 0 fully saturated rings. The largest absolute Gasteiger partial charge is 0.493 e. The number of anilines is 2. The molecule has 27 heavy (non-hydrogen) atoms. The number of methoxy groups -OCH3 is 2. The van der Waals surface area contributed by atoms with Crippen LogP contribution in [0.5, 0.6) is 11.5 Å². The quantitative estimate of drug-likeness (QED) is 0.782. The maximum atomic E-state index is 11.9. The molecule has 7 nitrogen and oxygen atoms in total. The van der Waals surface area contributed by atoms with Gasteiger partial charge in [0.05, 0.1) is 31.9 Å². The van der Waals surface area contributed by atoms with Crippen molar-refractivity contribution in [1.82, 2.24) is 4.98 Å². The number of benzene rings is 1. The molecule has 1 N–H and O–H groups in total. The van der Waals surface area contributed by atoms with E-state index in [1.54, 1.807) is 26.5 Å². The summed E-state index contributed by atoms with van der Waals surface area (Å²) in [6, 6.07) is 7.64. The van der Waals surface area contributed by atoms with Gasteiger partial charge in [-0.15, -0.1) is 0 Å². The molecule has 2 aromatic rings. The van der Waals surface area contributed by atoms with Gasteiger partial charge in [0.25, 0.3) is 0 Å². The van der Waals surface area contributed by atoms with Crippen molar-refractivity contribution < 1.29 is 17.9 Å². The van der Waals surface area contributed by atoms with E-state index < -0.39 is 10.0 Å². The predicted octanol–water partition coefficient (Wildman–Crippen LogP) is 2.81. The van der Waals surface area contributed by atoms with Gasteiger partial charge in [-0.2, -0.15) is 0 Å². The summed E-state index contributed by atoms with van der Waals surface area (Å²) in [6.07, 6.45) is 3.16. The lowest BCUT2D eigenvalue weighted by molar-refractivity contribution is 0.353. The van der Waals surface area contributed by atoms with Gasteiger partial charge in [0, 0.05) is 13.1 Å². The van der Waals surface area contributed by atoms with Gasteiger partial charge >= 0.3 is 0 Å². The minimum Gasteiger partial charge on any atom is -0.493 e. The van der Waals surface area contributed by atoms with Gasteiger partial charge in [0.15, 0.2) is 11.5 Å². The Morgan fingerprint density at radius 2 is 1.85 bits per heavy atom. The Hall–Kier alpha value is -2.48. The zero-order valence-electron chi connectivity index (χ0n) is 15.9. The van der Waals surface area contributed by atoms with Gasteiger partial charge in [0.2, 0.25) is 10.0 Å². The van der Waals surface area contributed by atoms with Gasteiger partial charge in [-0.05, 0) is 48.2 Å². The lowest BCUT2D eigenvalue weighted by Gasteiger charge is -2.31. The van der Waals surface area contributed by atoms with Gasteiger partial charge in [-0.1, -0.05) is 6.92 Å². The third kappa shape index (κ3) is 4.44. The molecule has 8 heteroatoms. The third-order valence-corrected chi connectivity index (χ3v) is 6.03. The van der Waals surface area contributed by atoms with Crippen LogP contribution in [0.15, 0.2) is 30.5 Å². The molecule has 146 valence electrons. The van der Waals surface area contributed by atoms with Crippen molar-refractivity contribution in [1.29, 1.82) is 0 Å². The van der Waals surface area contributed by atoms with Crippen LogP contribution in [0.4, 0.5) is 11.5 Å². The average molecular weight is 391 g/mol. The van der Waals surface area contributed by atoms with E-state index in [9.17, 15) is 8.42 Å². The zero-order chi connectivity index (χ0) is 19.4. The summed E-state index contributed by atoms with van der Waals surface area (Å²) in [7, 11) is -0.0563. The fourth-order valence-corrected chi connectivity index (χ4v) is 4.30. The Bertz CT molecular complexity index is 898. The molecule has 1 aliphatic heterocycles. The van der Waals surface area contributed by atoms with E-state index in [4.69, 9.17) is 9.47 Å². The molecule has 1 aromatic heterocycles. The second-order valence-electron chi connectivity index (χ2n) is 6.47. The van der Waals surface area contributed by atoms with Crippen LogP contribution in [-0.2, 0) is 23.0 Å². The number of aromatic nitrogens is 1. The highest BCUT2D eigenvalue weighted by Gasteiger charge is 2.20. The first-order valence-electron chi connectivity index (χ1n) is 8.91. The Morgan fingerprint density at radius 3 is 2.44 bits per heavy atom. The van der Waals surface area contributed by atoms with Crippen LogP contribution in [0, 0.1) is 0 Å². The number of pyridine rings is 1. The maximum Gasteiger partial charge on any atom is 0.233 e. The second-order valence-corrected chi connectivity index (χ2v) is 8.31. The van der Waals surface area contributed by atoms with Crippen molar-refractivity contribution in [2.45, 2.75) is 26.3 Å². The van der Waals surface area contributed by atoms with Crippen LogP contribution in [0.25, 0.3) is 0 Å². The molecule has 2 heterocycles. The Balaban J connectivity index is 1.75. The first-order chi connectivity index (χ1) is 13.0. The number of nitrogens with one attached hydrogen (secondary N) is 1. The molecular formula is C19H25N3O4S. The molecule has 0 unspecified atom stereocenters. The summed E-state index contributed by atoms with van der Waals surface area (Å²) >= 11 is 0. The number of fused-ring (bicyclic) bond motifs is 1. The van der Waals surface area contributed by atoms with E-state index in [2.05, 4.69) is 14.6 Å². The molecule has 0 amide bonds. The normalized spacial score (nSPS) is 13.8. The monoisotopic (exact) mass is 391 g/mol. The number of hydrogen-bond donors (Lipinski definition) is 1. The highest BCUT2D eigenvalue weighted by atomic mass is 32.2. The lowest BCUT2D eigenvalue weighted by Crippen LogP contribution is -2.30. The van der Waals surface area contributed by atoms with Crippen molar-refractivity contribution in [3.8, 4) is 11.5 Å². The molecular weight excluding hydrogens is 366 g/mol. The van der Waals surface area contributed by atoms with Crippen LogP contribution >= 0.6 is 0 Å². The van der Waals surface area contributed by atoms with E-state index >= 15 is 0 Å². The topological polar surface area (TPSA) is 80.8 Å². The van der Waals surface area contributed by atoms with Crippen LogP contribution in [0.1, 0.15) is 24.5 Å². The summed E-state index contributed by atoms with van der Waals surface area (Å²) in [5.74, 6) is 1.90. The third-order valence-electron chi connectivity index (χ3n) is 4.56. The van der Waals surface area contributed by atoms with Gasteiger partial charge < -0.3 is 14.4 Å².